The van der Waals surface area contributed by atoms with Gasteiger partial charge in [-0.05, 0) is 107 Å². The van der Waals surface area contributed by atoms with E-state index < -0.39 is 0 Å². The topological polar surface area (TPSA) is 20.2 Å². The van der Waals surface area contributed by atoms with E-state index in [1.165, 1.54) is 71.9 Å². The molecular weight excluding hydrogens is 328 g/mol. The molecule has 0 spiro atoms. The fraction of sp³-hybridized carbons (Fsp3) is 0.615. The van der Waals surface area contributed by atoms with E-state index in [-0.39, 0.29) is 11.3 Å². The monoisotopic (exact) mass is 362 g/mol. The number of benzene rings is 1. The Bertz CT molecular complexity index is 822. The molecule has 0 unspecified atom stereocenters. The molecule has 1 heteroatoms. The molecule has 27 heavy (non-hydrogen) atoms. The molecule has 1 aromatic rings. The molecular formula is C26H34O. The summed E-state index contributed by atoms with van der Waals surface area (Å²) < 4.78 is 0. The van der Waals surface area contributed by atoms with Crippen LogP contribution in [0.4, 0.5) is 0 Å². The molecule has 4 saturated carbocycles. The Morgan fingerprint density at radius 3 is 1.74 bits per heavy atom. The summed E-state index contributed by atoms with van der Waals surface area (Å²) in [7, 11) is 0. The molecule has 0 saturated heterocycles. The van der Waals surface area contributed by atoms with E-state index in [0.717, 1.165) is 23.3 Å². The molecule has 1 nitrogen and oxygen atoms in total. The molecule has 4 bridgehead atoms. The van der Waals surface area contributed by atoms with Crippen LogP contribution in [0.1, 0.15) is 88.8 Å². The Balaban J connectivity index is 1.65. The highest BCUT2D eigenvalue weighted by molar-refractivity contribution is 5.60. The van der Waals surface area contributed by atoms with Crippen molar-refractivity contribution in [2.75, 3.05) is 0 Å². The van der Waals surface area contributed by atoms with Crippen LogP contribution in [0.2, 0.25) is 0 Å². The molecule has 1 N–H and O–H groups in total. The van der Waals surface area contributed by atoms with Crippen molar-refractivity contribution in [1.82, 2.24) is 0 Å². The minimum absolute atomic E-state index is 0.248. The average Bonchev–Trinajstić information content (AvgIpc) is 2.79. The Kier molecular flexibility index (Phi) is 3.75. The van der Waals surface area contributed by atoms with Crippen LogP contribution in [-0.4, -0.2) is 5.11 Å². The van der Waals surface area contributed by atoms with Gasteiger partial charge in [0.15, 0.2) is 0 Å². The van der Waals surface area contributed by atoms with E-state index in [9.17, 15) is 5.11 Å². The van der Waals surface area contributed by atoms with Gasteiger partial charge in [-0.15, -0.1) is 0 Å². The van der Waals surface area contributed by atoms with E-state index >= 15 is 0 Å². The fourth-order valence-electron chi connectivity index (χ4n) is 7.69. The van der Waals surface area contributed by atoms with Crippen molar-refractivity contribution in [2.24, 2.45) is 17.8 Å². The highest BCUT2D eigenvalue weighted by Crippen LogP contribution is 2.62. The Morgan fingerprint density at radius 1 is 0.778 bits per heavy atom. The molecule has 0 atom stereocenters. The van der Waals surface area contributed by atoms with Gasteiger partial charge in [0.05, 0.1) is 0 Å². The van der Waals surface area contributed by atoms with Crippen LogP contribution in [0, 0.1) is 24.7 Å². The van der Waals surface area contributed by atoms with E-state index in [4.69, 9.17) is 0 Å². The summed E-state index contributed by atoms with van der Waals surface area (Å²) in [6.45, 7) is 11.2. The van der Waals surface area contributed by atoms with Crippen molar-refractivity contribution < 1.29 is 5.11 Å². The predicted molar refractivity (Wildman–Crippen MR) is 112 cm³/mol. The third kappa shape index (κ3) is 2.43. The van der Waals surface area contributed by atoms with Gasteiger partial charge in [0.25, 0.3) is 0 Å². The molecule has 1 aromatic carbocycles. The van der Waals surface area contributed by atoms with Crippen molar-refractivity contribution in [2.45, 2.75) is 84.5 Å². The zero-order valence-electron chi connectivity index (χ0n) is 17.7. The maximum Gasteiger partial charge on any atom is 0.123 e. The molecule has 4 fully saturated rings. The predicted octanol–water partition coefficient (Wildman–Crippen LogP) is 6.94. The molecule has 0 aliphatic heterocycles. The van der Waals surface area contributed by atoms with Gasteiger partial charge >= 0.3 is 0 Å². The lowest BCUT2D eigenvalue weighted by molar-refractivity contribution is -0.00621. The van der Waals surface area contributed by atoms with Gasteiger partial charge in [-0.25, -0.2) is 0 Å². The van der Waals surface area contributed by atoms with Crippen molar-refractivity contribution in [3.8, 4) is 5.75 Å². The molecule has 6 rings (SSSR count). The highest BCUT2D eigenvalue weighted by atomic mass is 16.3. The first-order valence-corrected chi connectivity index (χ1v) is 11.0. The van der Waals surface area contributed by atoms with Gasteiger partial charge < -0.3 is 5.11 Å². The molecule has 0 amide bonds. The lowest BCUT2D eigenvalue weighted by atomic mass is 9.48. The number of phenols is 1. The Hall–Kier alpha value is -1.50. The molecule has 0 heterocycles. The zero-order valence-corrected chi connectivity index (χ0v) is 17.7. The first-order chi connectivity index (χ1) is 12.8. The smallest absolute Gasteiger partial charge is 0.123 e. The summed E-state index contributed by atoms with van der Waals surface area (Å²) in [5.74, 6) is 3.59. The number of rotatable bonds is 2. The van der Waals surface area contributed by atoms with Crippen LogP contribution in [0.5, 0.6) is 5.75 Å². The number of phenolic OH excluding ortho intramolecular Hbond substituents is 1. The Morgan fingerprint density at radius 2 is 1.26 bits per heavy atom. The highest BCUT2D eigenvalue weighted by Gasteiger charge is 2.52. The van der Waals surface area contributed by atoms with Crippen LogP contribution >= 0.6 is 0 Å². The van der Waals surface area contributed by atoms with E-state index in [1.807, 2.05) is 0 Å². The average molecular weight is 363 g/mol. The van der Waals surface area contributed by atoms with Crippen LogP contribution in [-0.2, 0) is 5.41 Å². The van der Waals surface area contributed by atoms with Gasteiger partial charge in [-0.1, -0.05) is 28.8 Å². The molecule has 5 aliphatic carbocycles. The van der Waals surface area contributed by atoms with Crippen molar-refractivity contribution in [3.63, 3.8) is 0 Å². The number of hydrogen-bond acceptors (Lipinski definition) is 1. The van der Waals surface area contributed by atoms with Gasteiger partial charge in [0, 0.05) is 17.0 Å². The first kappa shape index (κ1) is 17.6. The van der Waals surface area contributed by atoms with Gasteiger partial charge in [0.1, 0.15) is 5.75 Å². The second kappa shape index (κ2) is 5.75. The summed E-state index contributed by atoms with van der Waals surface area (Å²) >= 11 is 0. The molecule has 144 valence electrons. The fourth-order valence-corrected chi connectivity index (χ4v) is 7.69. The number of aromatic hydroxyl groups is 1. The van der Waals surface area contributed by atoms with E-state index in [0.29, 0.717) is 5.75 Å². The van der Waals surface area contributed by atoms with Crippen molar-refractivity contribution in [1.29, 1.82) is 0 Å². The largest absolute Gasteiger partial charge is 0.507 e. The summed E-state index contributed by atoms with van der Waals surface area (Å²) in [5.41, 5.74) is 9.68. The van der Waals surface area contributed by atoms with Crippen LogP contribution in [0.3, 0.4) is 0 Å². The second-order valence-electron chi connectivity index (χ2n) is 10.5. The first-order valence-electron chi connectivity index (χ1n) is 11.0. The number of hydrogen-bond donors (Lipinski definition) is 1. The lowest BCUT2D eigenvalue weighted by Crippen LogP contribution is -2.48. The van der Waals surface area contributed by atoms with Crippen LogP contribution in [0.25, 0.3) is 0 Å². The summed E-state index contributed by atoms with van der Waals surface area (Å²) in [4.78, 5) is 0. The minimum atomic E-state index is 0.248. The van der Waals surface area contributed by atoms with E-state index in [2.05, 4.69) is 46.8 Å². The normalized spacial score (nSPS) is 35.7. The maximum absolute atomic E-state index is 11.6. The third-order valence-corrected chi connectivity index (χ3v) is 8.82. The quantitative estimate of drug-likeness (QED) is 0.604. The standard InChI is InChI=1S/C26H34O/c1-14-6-22(24-17(4)15(2)16(3)18(24)5)25(27)23(7-14)26-11-19-8-20(12-26)10-21(9-19)13-26/h6-7,19-21,24,27H,8-13H2,1-5H3. The second-order valence-corrected chi connectivity index (χ2v) is 10.5. The van der Waals surface area contributed by atoms with Gasteiger partial charge in [-0.2, -0.15) is 0 Å². The molecule has 5 aliphatic rings. The summed E-state index contributed by atoms with van der Waals surface area (Å²) in [6.07, 6.45) is 8.27. The number of aryl methyl sites for hydroxylation is 1. The van der Waals surface area contributed by atoms with Gasteiger partial charge in [-0.3, -0.25) is 0 Å². The SMILES string of the molecule is CC1=C(C)C(c2cc(C)cc(C34CC5CC(CC(C5)C3)C4)c2O)C(C)=C1C. The van der Waals surface area contributed by atoms with Gasteiger partial charge in [0.2, 0.25) is 0 Å². The zero-order chi connectivity index (χ0) is 19.1. The molecule has 0 aromatic heterocycles. The number of allylic oxidation sites excluding steroid dienone is 4. The van der Waals surface area contributed by atoms with Crippen molar-refractivity contribution in [3.05, 3.63) is 51.1 Å². The summed E-state index contributed by atoms with van der Waals surface area (Å²) in [6, 6.07) is 4.58. The van der Waals surface area contributed by atoms with E-state index in [1.54, 1.807) is 0 Å². The third-order valence-electron chi connectivity index (χ3n) is 8.82. The summed E-state index contributed by atoms with van der Waals surface area (Å²) in [5, 5.41) is 11.6. The minimum Gasteiger partial charge on any atom is -0.507 e. The van der Waals surface area contributed by atoms with Crippen LogP contribution in [0.15, 0.2) is 34.4 Å². The molecule has 0 radical (unpaired) electrons. The maximum atomic E-state index is 11.6. The van der Waals surface area contributed by atoms with Crippen molar-refractivity contribution >= 4 is 0 Å². The Labute approximate surface area is 164 Å². The van der Waals surface area contributed by atoms with Crippen LogP contribution < -0.4 is 0 Å². The lowest BCUT2D eigenvalue weighted by Gasteiger charge is -2.57.